The molecular weight excluding hydrogens is 238 g/mol. The van der Waals surface area contributed by atoms with Crippen LogP contribution in [0.4, 0.5) is 5.82 Å². The van der Waals surface area contributed by atoms with E-state index in [9.17, 15) is 0 Å². The molecule has 2 aromatic rings. The zero-order valence-electron chi connectivity index (χ0n) is 11.8. The first-order chi connectivity index (χ1) is 9.13. The van der Waals surface area contributed by atoms with Crippen molar-refractivity contribution in [2.45, 2.75) is 19.8 Å². The van der Waals surface area contributed by atoms with Crippen LogP contribution in [0.15, 0.2) is 30.3 Å². The normalized spacial score (nSPS) is 10.6. The molecule has 0 aliphatic heterocycles. The maximum absolute atomic E-state index is 5.25. The Kier molecular flexibility index (Phi) is 4.00. The van der Waals surface area contributed by atoms with Crippen LogP contribution in [0.25, 0.3) is 11.3 Å². The van der Waals surface area contributed by atoms with Gasteiger partial charge in [-0.3, -0.25) is 0 Å². The Hall–Kier alpha value is -2.10. The number of nitrogens with one attached hydrogen (secondary N) is 1. The van der Waals surface area contributed by atoms with Gasteiger partial charge in [-0.15, -0.1) is 0 Å². The molecule has 1 heterocycles. The van der Waals surface area contributed by atoms with Crippen molar-refractivity contribution in [3.8, 4) is 17.0 Å². The molecule has 4 nitrogen and oxygen atoms in total. The van der Waals surface area contributed by atoms with Crippen molar-refractivity contribution in [1.82, 2.24) is 9.97 Å². The van der Waals surface area contributed by atoms with Crippen molar-refractivity contribution < 1.29 is 4.74 Å². The summed E-state index contributed by atoms with van der Waals surface area (Å²) in [5.41, 5.74) is 1.93. The summed E-state index contributed by atoms with van der Waals surface area (Å²) in [4.78, 5) is 9.09. The number of anilines is 1. The molecule has 1 N–H and O–H groups in total. The Morgan fingerprint density at radius 3 is 2.58 bits per heavy atom. The van der Waals surface area contributed by atoms with Gasteiger partial charge in [-0.05, 0) is 12.1 Å². The highest BCUT2D eigenvalue weighted by Crippen LogP contribution is 2.25. The van der Waals surface area contributed by atoms with Crippen molar-refractivity contribution in [3.05, 3.63) is 36.2 Å². The Labute approximate surface area is 113 Å². The summed E-state index contributed by atoms with van der Waals surface area (Å²) in [6.07, 6.45) is 0. The summed E-state index contributed by atoms with van der Waals surface area (Å²) >= 11 is 0. The van der Waals surface area contributed by atoms with Gasteiger partial charge in [-0.2, -0.15) is 0 Å². The second-order valence-corrected chi connectivity index (χ2v) is 4.63. The van der Waals surface area contributed by atoms with Crippen molar-refractivity contribution in [3.63, 3.8) is 0 Å². The molecule has 0 amide bonds. The fourth-order valence-electron chi connectivity index (χ4n) is 1.78. The van der Waals surface area contributed by atoms with Gasteiger partial charge >= 0.3 is 0 Å². The summed E-state index contributed by atoms with van der Waals surface area (Å²) in [6, 6.07) is 9.83. The lowest BCUT2D eigenvalue weighted by Gasteiger charge is -2.10. The number of nitrogens with zero attached hydrogens (tertiary/aromatic N) is 2. The van der Waals surface area contributed by atoms with Crippen molar-refractivity contribution >= 4 is 5.82 Å². The Bertz CT molecular complexity index is 567. The second kappa shape index (κ2) is 5.69. The third-order valence-electron chi connectivity index (χ3n) is 2.88. The topological polar surface area (TPSA) is 47.0 Å². The highest BCUT2D eigenvalue weighted by Gasteiger charge is 2.09. The molecule has 0 saturated heterocycles. The Balaban J connectivity index is 2.50. The van der Waals surface area contributed by atoms with E-state index in [1.165, 1.54) is 0 Å². The molecule has 0 bridgehead atoms. The number of aromatic nitrogens is 2. The molecule has 4 heteroatoms. The van der Waals surface area contributed by atoms with E-state index in [4.69, 9.17) is 4.74 Å². The van der Waals surface area contributed by atoms with Gasteiger partial charge in [0.15, 0.2) is 0 Å². The van der Waals surface area contributed by atoms with Crippen LogP contribution >= 0.6 is 0 Å². The van der Waals surface area contributed by atoms with Crippen molar-refractivity contribution in [1.29, 1.82) is 0 Å². The Morgan fingerprint density at radius 1 is 1.16 bits per heavy atom. The molecule has 0 saturated carbocycles. The van der Waals surface area contributed by atoms with Crippen LogP contribution in [0.5, 0.6) is 5.75 Å². The van der Waals surface area contributed by atoms with Crippen LogP contribution in [0.2, 0.25) is 0 Å². The van der Waals surface area contributed by atoms with Gasteiger partial charge in [0.25, 0.3) is 0 Å². The van der Waals surface area contributed by atoms with Gasteiger partial charge in [0.2, 0.25) is 0 Å². The fraction of sp³-hybridized carbons (Fsp3) is 0.333. The first kappa shape index (κ1) is 13.3. The quantitative estimate of drug-likeness (QED) is 0.912. The Morgan fingerprint density at radius 2 is 1.95 bits per heavy atom. The molecule has 1 aromatic carbocycles. The predicted octanol–water partition coefficient (Wildman–Crippen LogP) is 3.32. The van der Waals surface area contributed by atoms with Crippen LogP contribution in [0, 0.1) is 0 Å². The van der Waals surface area contributed by atoms with E-state index in [-0.39, 0.29) is 5.92 Å². The van der Waals surface area contributed by atoms with Gasteiger partial charge in [-0.1, -0.05) is 26.0 Å². The first-order valence-electron chi connectivity index (χ1n) is 6.35. The number of ether oxygens (including phenoxy) is 1. The van der Waals surface area contributed by atoms with E-state index >= 15 is 0 Å². The number of rotatable bonds is 4. The van der Waals surface area contributed by atoms with Gasteiger partial charge in [0.05, 0.1) is 12.8 Å². The highest BCUT2D eigenvalue weighted by molar-refractivity contribution is 5.64. The van der Waals surface area contributed by atoms with Crippen LogP contribution in [-0.2, 0) is 0 Å². The molecule has 19 heavy (non-hydrogen) atoms. The summed E-state index contributed by atoms with van der Waals surface area (Å²) in [7, 11) is 3.53. The number of hydrogen-bond acceptors (Lipinski definition) is 4. The van der Waals surface area contributed by atoms with Crippen molar-refractivity contribution in [2.75, 3.05) is 19.5 Å². The van der Waals surface area contributed by atoms with Gasteiger partial charge < -0.3 is 10.1 Å². The standard InChI is InChI=1S/C15H19N3O/c1-10(2)15-17-13(9-14(16-3)18-15)11-6-5-7-12(8-11)19-4/h5-10H,1-4H3,(H,16,17,18). The third kappa shape index (κ3) is 3.02. The molecule has 0 fully saturated rings. The average Bonchev–Trinajstić information content (AvgIpc) is 2.46. The summed E-state index contributed by atoms with van der Waals surface area (Å²) < 4.78 is 5.25. The fourth-order valence-corrected chi connectivity index (χ4v) is 1.78. The van der Waals surface area contributed by atoms with Crippen LogP contribution in [-0.4, -0.2) is 24.1 Å². The molecule has 100 valence electrons. The minimum Gasteiger partial charge on any atom is -0.497 e. The van der Waals surface area contributed by atoms with E-state index in [0.29, 0.717) is 0 Å². The molecule has 0 radical (unpaired) electrons. The molecule has 0 aliphatic carbocycles. The largest absolute Gasteiger partial charge is 0.497 e. The molecule has 0 unspecified atom stereocenters. The maximum atomic E-state index is 5.25. The van der Waals surface area contributed by atoms with Crippen LogP contribution < -0.4 is 10.1 Å². The molecule has 1 aromatic heterocycles. The molecule has 0 spiro atoms. The van der Waals surface area contributed by atoms with Gasteiger partial charge in [-0.25, -0.2) is 9.97 Å². The lowest BCUT2D eigenvalue weighted by Crippen LogP contribution is -2.03. The zero-order valence-corrected chi connectivity index (χ0v) is 11.8. The lowest BCUT2D eigenvalue weighted by molar-refractivity contribution is 0.415. The third-order valence-corrected chi connectivity index (χ3v) is 2.88. The number of methoxy groups -OCH3 is 1. The minimum absolute atomic E-state index is 0.289. The van der Waals surface area contributed by atoms with Crippen LogP contribution in [0.1, 0.15) is 25.6 Å². The maximum Gasteiger partial charge on any atom is 0.133 e. The monoisotopic (exact) mass is 257 g/mol. The van der Waals surface area contributed by atoms with E-state index in [1.807, 2.05) is 37.4 Å². The SMILES string of the molecule is CNc1cc(-c2cccc(OC)c2)nc(C(C)C)n1. The van der Waals surface area contributed by atoms with E-state index in [0.717, 1.165) is 28.6 Å². The van der Waals surface area contributed by atoms with E-state index in [2.05, 4.69) is 29.1 Å². The van der Waals surface area contributed by atoms with Gasteiger partial charge in [0, 0.05) is 24.6 Å². The summed E-state index contributed by atoms with van der Waals surface area (Å²) in [6.45, 7) is 4.17. The molecular formula is C15H19N3O. The second-order valence-electron chi connectivity index (χ2n) is 4.63. The summed E-state index contributed by atoms with van der Waals surface area (Å²) in [5.74, 6) is 2.78. The minimum atomic E-state index is 0.289. The van der Waals surface area contributed by atoms with E-state index < -0.39 is 0 Å². The van der Waals surface area contributed by atoms with Gasteiger partial charge in [0.1, 0.15) is 17.4 Å². The zero-order chi connectivity index (χ0) is 13.8. The summed E-state index contributed by atoms with van der Waals surface area (Å²) in [5, 5.41) is 3.08. The lowest BCUT2D eigenvalue weighted by atomic mass is 10.1. The smallest absolute Gasteiger partial charge is 0.133 e. The highest BCUT2D eigenvalue weighted by atomic mass is 16.5. The van der Waals surface area contributed by atoms with Crippen molar-refractivity contribution in [2.24, 2.45) is 0 Å². The average molecular weight is 257 g/mol. The molecule has 2 rings (SSSR count). The molecule has 0 aliphatic rings. The first-order valence-corrected chi connectivity index (χ1v) is 6.35. The predicted molar refractivity (Wildman–Crippen MR) is 77.7 cm³/mol. The number of benzene rings is 1. The van der Waals surface area contributed by atoms with E-state index in [1.54, 1.807) is 7.11 Å². The molecule has 0 atom stereocenters. The number of hydrogen-bond donors (Lipinski definition) is 1. The van der Waals surface area contributed by atoms with Crippen LogP contribution in [0.3, 0.4) is 0 Å².